The number of ether oxygens (including phenoxy) is 1. The van der Waals surface area contributed by atoms with E-state index < -0.39 is 0 Å². The largest absolute Gasteiger partial charge is 0.379 e. The highest BCUT2D eigenvalue weighted by Gasteiger charge is 2.40. The number of nitrogens with zero attached hydrogens (tertiary/aromatic N) is 1. The fourth-order valence-corrected chi connectivity index (χ4v) is 3.15. The van der Waals surface area contributed by atoms with E-state index in [0.717, 1.165) is 45.4 Å². The van der Waals surface area contributed by atoms with Gasteiger partial charge in [0.15, 0.2) is 0 Å². The SMILES string of the molecule is COC1CN(C(=O)C2(C)CCCNC2)CCC1C. The van der Waals surface area contributed by atoms with Gasteiger partial charge in [-0.15, -0.1) is 0 Å². The second kappa shape index (κ2) is 5.57. The van der Waals surface area contributed by atoms with Gasteiger partial charge in [0.05, 0.1) is 11.5 Å². The van der Waals surface area contributed by atoms with Crippen molar-refractivity contribution in [3.63, 3.8) is 0 Å². The van der Waals surface area contributed by atoms with Crippen molar-refractivity contribution in [3.8, 4) is 0 Å². The van der Waals surface area contributed by atoms with Gasteiger partial charge in [0, 0.05) is 26.7 Å². The Hall–Kier alpha value is -0.610. The lowest BCUT2D eigenvalue weighted by atomic mass is 9.80. The third-order valence-corrected chi connectivity index (χ3v) is 4.59. The first-order valence-electron chi connectivity index (χ1n) is 7.10. The predicted octanol–water partition coefficient (Wildman–Crippen LogP) is 1.26. The zero-order valence-corrected chi connectivity index (χ0v) is 11.9. The molecule has 1 N–H and O–H groups in total. The van der Waals surface area contributed by atoms with Crippen LogP contribution in [0.4, 0.5) is 0 Å². The van der Waals surface area contributed by atoms with Gasteiger partial charge in [-0.3, -0.25) is 4.79 Å². The average Bonchev–Trinajstić information content (AvgIpc) is 2.39. The highest BCUT2D eigenvalue weighted by molar-refractivity contribution is 5.83. The molecule has 4 nitrogen and oxygen atoms in total. The predicted molar refractivity (Wildman–Crippen MR) is 71.4 cm³/mol. The Morgan fingerprint density at radius 1 is 1.50 bits per heavy atom. The molecule has 0 bridgehead atoms. The number of piperidine rings is 2. The lowest BCUT2D eigenvalue weighted by molar-refractivity contribution is -0.147. The van der Waals surface area contributed by atoms with Crippen molar-refractivity contribution in [2.24, 2.45) is 11.3 Å². The van der Waals surface area contributed by atoms with E-state index in [1.165, 1.54) is 0 Å². The van der Waals surface area contributed by atoms with Crippen LogP contribution in [0.25, 0.3) is 0 Å². The van der Waals surface area contributed by atoms with Crippen LogP contribution in [0.1, 0.15) is 33.1 Å². The number of carbonyl (C=O) groups excluding carboxylic acids is 1. The molecule has 0 radical (unpaired) electrons. The van der Waals surface area contributed by atoms with Crippen molar-refractivity contribution < 1.29 is 9.53 Å². The molecule has 0 aromatic heterocycles. The van der Waals surface area contributed by atoms with Crippen LogP contribution in [-0.4, -0.2) is 50.2 Å². The van der Waals surface area contributed by atoms with Crippen LogP contribution < -0.4 is 5.32 Å². The third kappa shape index (κ3) is 2.69. The Morgan fingerprint density at radius 2 is 2.28 bits per heavy atom. The number of amides is 1. The molecule has 4 heteroatoms. The monoisotopic (exact) mass is 254 g/mol. The first-order valence-corrected chi connectivity index (χ1v) is 7.10. The van der Waals surface area contributed by atoms with E-state index >= 15 is 0 Å². The minimum Gasteiger partial charge on any atom is -0.379 e. The molecule has 0 saturated carbocycles. The molecule has 2 fully saturated rings. The van der Waals surface area contributed by atoms with Gasteiger partial charge in [-0.1, -0.05) is 6.92 Å². The van der Waals surface area contributed by atoms with Crippen molar-refractivity contribution in [1.29, 1.82) is 0 Å². The second-order valence-electron chi connectivity index (χ2n) is 6.13. The zero-order chi connectivity index (χ0) is 13.2. The molecule has 0 aromatic rings. The van der Waals surface area contributed by atoms with Crippen LogP contribution in [-0.2, 0) is 9.53 Å². The van der Waals surface area contributed by atoms with Crippen molar-refractivity contribution in [3.05, 3.63) is 0 Å². The molecule has 104 valence electrons. The summed E-state index contributed by atoms with van der Waals surface area (Å²) in [6.07, 6.45) is 3.35. The first kappa shape index (κ1) is 13.8. The van der Waals surface area contributed by atoms with Crippen molar-refractivity contribution in [1.82, 2.24) is 10.2 Å². The van der Waals surface area contributed by atoms with E-state index in [1.807, 2.05) is 4.90 Å². The molecule has 2 rings (SSSR count). The van der Waals surface area contributed by atoms with Crippen molar-refractivity contribution in [2.45, 2.75) is 39.2 Å². The molecule has 0 aromatic carbocycles. The first-order chi connectivity index (χ1) is 8.57. The summed E-state index contributed by atoms with van der Waals surface area (Å²) >= 11 is 0. The molecule has 0 aliphatic carbocycles. The summed E-state index contributed by atoms with van der Waals surface area (Å²) in [4.78, 5) is 14.7. The Morgan fingerprint density at radius 3 is 2.89 bits per heavy atom. The summed E-state index contributed by atoms with van der Waals surface area (Å²) < 4.78 is 5.49. The number of rotatable bonds is 2. The minimum atomic E-state index is -0.211. The molecule has 2 aliphatic rings. The molecular weight excluding hydrogens is 228 g/mol. The van der Waals surface area contributed by atoms with Gasteiger partial charge < -0.3 is 15.0 Å². The molecule has 2 heterocycles. The standard InChI is InChI=1S/C14H26N2O2/c1-11-5-8-16(9-12(11)18-3)13(17)14(2)6-4-7-15-10-14/h11-12,15H,4-10H2,1-3H3. The second-order valence-corrected chi connectivity index (χ2v) is 6.13. The lowest BCUT2D eigenvalue weighted by Gasteiger charge is -2.42. The van der Waals surface area contributed by atoms with E-state index in [-0.39, 0.29) is 11.5 Å². The maximum atomic E-state index is 12.7. The fraction of sp³-hybridized carbons (Fsp3) is 0.929. The number of hydrogen-bond donors (Lipinski definition) is 1. The summed E-state index contributed by atoms with van der Waals surface area (Å²) in [5.41, 5.74) is -0.211. The van der Waals surface area contributed by atoms with Gasteiger partial charge >= 0.3 is 0 Å². The molecule has 2 saturated heterocycles. The van der Waals surface area contributed by atoms with Crippen LogP contribution in [0.15, 0.2) is 0 Å². The molecule has 3 atom stereocenters. The highest BCUT2D eigenvalue weighted by Crippen LogP contribution is 2.30. The Bertz CT molecular complexity index is 300. The number of likely N-dealkylation sites (tertiary alicyclic amines) is 1. The molecule has 18 heavy (non-hydrogen) atoms. The highest BCUT2D eigenvalue weighted by atomic mass is 16.5. The zero-order valence-electron chi connectivity index (χ0n) is 11.9. The fourth-order valence-electron chi connectivity index (χ4n) is 3.15. The van der Waals surface area contributed by atoms with Gasteiger partial charge in [0.25, 0.3) is 0 Å². The average molecular weight is 254 g/mol. The Balaban J connectivity index is 2.00. The molecule has 3 unspecified atom stereocenters. The van der Waals surface area contributed by atoms with E-state index in [0.29, 0.717) is 11.8 Å². The van der Waals surface area contributed by atoms with Gasteiger partial charge in [-0.05, 0) is 38.6 Å². The topological polar surface area (TPSA) is 41.6 Å². The maximum Gasteiger partial charge on any atom is 0.229 e. The molecule has 2 aliphatic heterocycles. The summed E-state index contributed by atoms with van der Waals surface area (Å²) in [7, 11) is 1.75. The minimum absolute atomic E-state index is 0.197. The van der Waals surface area contributed by atoms with E-state index in [9.17, 15) is 4.79 Å². The third-order valence-electron chi connectivity index (χ3n) is 4.59. The number of nitrogens with one attached hydrogen (secondary N) is 1. The number of carbonyl (C=O) groups is 1. The van der Waals surface area contributed by atoms with Gasteiger partial charge in [0.2, 0.25) is 5.91 Å². The molecular formula is C14H26N2O2. The Kier molecular flexibility index (Phi) is 4.28. The van der Waals surface area contributed by atoms with Crippen LogP contribution in [0.3, 0.4) is 0 Å². The summed E-state index contributed by atoms with van der Waals surface area (Å²) in [6, 6.07) is 0. The van der Waals surface area contributed by atoms with E-state index in [1.54, 1.807) is 7.11 Å². The van der Waals surface area contributed by atoms with E-state index in [2.05, 4.69) is 19.2 Å². The number of methoxy groups -OCH3 is 1. The summed E-state index contributed by atoms with van der Waals surface area (Å²) in [5.74, 6) is 0.861. The van der Waals surface area contributed by atoms with Gasteiger partial charge in [0.1, 0.15) is 0 Å². The lowest BCUT2D eigenvalue weighted by Crippen LogP contribution is -2.55. The van der Waals surface area contributed by atoms with Crippen LogP contribution >= 0.6 is 0 Å². The quantitative estimate of drug-likeness (QED) is 0.806. The van der Waals surface area contributed by atoms with Crippen LogP contribution in [0, 0.1) is 11.3 Å². The smallest absolute Gasteiger partial charge is 0.229 e. The van der Waals surface area contributed by atoms with E-state index in [4.69, 9.17) is 4.74 Å². The van der Waals surface area contributed by atoms with Gasteiger partial charge in [-0.2, -0.15) is 0 Å². The van der Waals surface area contributed by atoms with Crippen molar-refractivity contribution in [2.75, 3.05) is 33.3 Å². The Labute approximate surface area is 110 Å². The van der Waals surface area contributed by atoms with Crippen LogP contribution in [0.2, 0.25) is 0 Å². The molecule has 0 spiro atoms. The summed E-state index contributed by atoms with van der Waals surface area (Å²) in [5, 5.41) is 3.35. The van der Waals surface area contributed by atoms with Crippen molar-refractivity contribution >= 4 is 5.91 Å². The molecule has 1 amide bonds. The normalized spacial score (nSPS) is 37.6. The van der Waals surface area contributed by atoms with Gasteiger partial charge in [-0.25, -0.2) is 0 Å². The maximum absolute atomic E-state index is 12.7. The summed E-state index contributed by atoms with van der Waals surface area (Å²) in [6.45, 7) is 7.80. The number of hydrogen-bond acceptors (Lipinski definition) is 3. The van der Waals surface area contributed by atoms with Crippen LogP contribution in [0.5, 0.6) is 0 Å².